The molecular formula is C12H14F3IO3S. The Balaban J connectivity index is 3.34. The Hall–Kier alpha value is -0.350. The summed E-state index contributed by atoms with van der Waals surface area (Å²) in [6.45, 7) is 1.72. The summed E-state index contributed by atoms with van der Waals surface area (Å²) in [5.41, 5.74) is 0.613. The summed E-state index contributed by atoms with van der Waals surface area (Å²) in [6.07, 6.45) is -5.01. The molecule has 1 N–H and O–H groups in total. The molecule has 0 saturated carbocycles. The molecule has 0 aliphatic heterocycles. The lowest BCUT2D eigenvalue weighted by atomic mass is 9.93. The first-order valence-electron chi connectivity index (χ1n) is 5.73. The average Bonchev–Trinajstić information content (AvgIpc) is 2.28. The number of hydrogen-bond donors (Lipinski definition) is 1. The van der Waals surface area contributed by atoms with E-state index in [0.717, 1.165) is 5.56 Å². The molecule has 0 amide bonds. The van der Waals surface area contributed by atoms with E-state index in [1.165, 1.54) is 24.3 Å². The molecule has 0 spiro atoms. The Labute approximate surface area is 129 Å². The maximum Gasteiger partial charge on any atom is 0.397 e. The van der Waals surface area contributed by atoms with Gasteiger partial charge in [0.15, 0.2) is 0 Å². The van der Waals surface area contributed by atoms with Crippen LogP contribution in [0, 0.1) is 6.92 Å². The van der Waals surface area contributed by atoms with E-state index in [1.807, 2.05) is 0 Å². The smallest absolute Gasteiger partial charge is 0.285 e. The van der Waals surface area contributed by atoms with Crippen molar-refractivity contribution in [2.24, 2.45) is 0 Å². The summed E-state index contributed by atoms with van der Waals surface area (Å²) in [4.78, 5) is 0. The van der Waals surface area contributed by atoms with Crippen LogP contribution in [0.1, 0.15) is 23.5 Å². The third kappa shape index (κ3) is 4.59. The molecule has 114 valence electrons. The van der Waals surface area contributed by atoms with E-state index < -0.39 is 27.5 Å². The Morgan fingerprint density at radius 1 is 1.25 bits per heavy atom. The maximum atomic E-state index is 13.2. The minimum absolute atomic E-state index is 0.157. The van der Waals surface area contributed by atoms with Gasteiger partial charge in [-0.15, -0.1) is 0 Å². The molecule has 0 aromatic heterocycles. The van der Waals surface area contributed by atoms with E-state index in [1.54, 1.807) is 29.5 Å². The highest BCUT2D eigenvalue weighted by Crippen LogP contribution is 2.41. The summed E-state index contributed by atoms with van der Waals surface area (Å²) in [5, 5.41) is -1.89. The largest absolute Gasteiger partial charge is 0.397 e. The zero-order valence-corrected chi connectivity index (χ0v) is 13.5. The second-order valence-electron chi connectivity index (χ2n) is 4.46. The van der Waals surface area contributed by atoms with Gasteiger partial charge < -0.3 is 0 Å². The zero-order valence-electron chi connectivity index (χ0n) is 10.6. The van der Waals surface area contributed by atoms with Crippen molar-refractivity contribution in [3.05, 3.63) is 35.4 Å². The summed E-state index contributed by atoms with van der Waals surface area (Å²) in [7, 11) is -4.79. The molecule has 0 heterocycles. The molecule has 0 fully saturated rings. The molecule has 8 heteroatoms. The summed E-state index contributed by atoms with van der Waals surface area (Å²) in [5.74, 6) is -2.23. The predicted molar refractivity (Wildman–Crippen MR) is 78.8 cm³/mol. The SMILES string of the molecule is Cc1ccc(C(C(CCI)S(=O)(=O)O)C(F)(F)F)cc1. The number of halogens is 4. The van der Waals surface area contributed by atoms with Crippen molar-refractivity contribution in [2.75, 3.05) is 4.43 Å². The van der Waals surface area contributed by atoms with Gasteiger partial charge in [-0.3, -0.25) is 4.55 Å². The van der Waals surface area contributed by atoms with Crippen LogP contribution in [0.5, 0.6) is 0 Å². The number of aryl methyl sites for hydroxylation is 1. The quantitative estimate of drug-likeness (QED) is 0.447. The molecule has 0 aliphatic carbocycles. The molecule has 0 bridgehead atoms. The fraction of sp³-hybridized carbons (Fsp3) is 0.500. The highest BCUT2D eigenvalue weighted by atomic mass is 127. The summed E-state index contributed by atoms with van der Waals surface area (Å²) in [6, 6.07) is 5.47. The Bertz CT molecular complexity index is 540. The van der Waals surface area contributed by atoms with Gasteiger partial charge in [0.2, 0.25) is 0 Å². The third-order valence-electron chi connectivity index (χ3n) is 2.94. The second kappa shape index (κ2) is 6.61. The van der Waals surface area contributed by atoms with E-state index in [-0.39, 0.29) is 16.4 Å². The molecule has 0 aliphatic rings. The standard InChI is InChI=1S/C12H14F3IO3S/c1-8-2-4-9(5-3-8)11(12(13,14)15)10(6-7-16)20(17,18)19/h2-5,10-11H,6-7H2,1H3,(H,17,18,19). The summed E-state index contributed by atoms with van der Waals surface area (Å²) >= 11 is 1.79. The fourth-order valence-corrected chi connectivity index (χ4v) is 4.15. The van der Waals surface area contributed by atoms with Gasteiger partial charge in [0.25, 0.3) is 10.1 Å². The van der Waals surface area contributed by atoms with E-state index >= 15 is 0 Å². The first kappa shape index (κ1) is 17.7. The van der Waals surface area contributed by atoms with Gasteiger partial charge >= 0.3 is 6.18 Å². The molecule has 0 radical (unpaired) electrons. The van der Waals surface area contributed by atoms with Crippen LogP contribution in [-0.4, -0.2) is 28.8 Å². The minimum atomic E-state index is -4.79. The molecule has 1 rings (SSSR count). The van der Waals surface area contributed by atoms with Crippen molar-refractivity contribution in [3.8, 4) is 0 Å². The Kier molecular flexibility index (Phi) is 5.85. The Morgan fingerprint density at radius 2 is 1.75 bits per heavy atom. The number of benzene rings is 1. The van der Waals surface area contributed by atoms with Crippen molar-refractivity contribution in [2.45, 2.75) is 30.7 Å². The van der Waals surface area contributed by atoms with Crippen LogP contribution in [0.15, 0.2) is 24.3 Å². The highest BCUT2D eigenvalue weighted by Gasteiger charge is 2.49. The number of alkyl halides is 4. The van der Waals surface area contributed by atoms with Crippen LogP contribution in [0.3, 0.4) is 0 Å². The van der Waals surface area contributed by atoms with Gasteiger partial charge in [-0.05, 0) is 18.9 Å². The minimum Gasteiger partial charge on any atom is -0.285 e. The third-order valence-corrected chi connectivity index (χ3v) is 4.83. The molecule has 0 saturated heterocycles. The van der Waals surface area contributed by atoms with Crippen molar-refractivity contribution in [1.82, 2.24) is 0 Å². The predicted octanol–water partition coefficient (Wildman–Crippen LogP) is 3.72. The monoisotopic (exact) mass is 422 g/mol. The van der Waals surface area contributed by atoms with Crippen LogP contribution in [0.2, 0.25) is 0 Å². The van der Waals surface area contributed by atoms with Crippen molar-refractivity contribution in [3.63, 3.8) is 0 Å². The van der Waals surface area contributed by atoms with Gasteiger partial charge in [0.1, 0.15) is 5.25 Å². The first-order valence-corrected chi connectivity index (χ1v) is 8.75. The van der Waals surface area contributed by atoms with Gasteiger partial charge in [-0.1, -0.05) is 52.4 Å². The lowest BCUT2D eigenvalue weighted by Gasteiger charge is -2.27. The topological polar surface area (TPSA) is 54.4 Å². The van der Waals surface area contributed by atoms with Crippen LogP contribution in [-0.2, 0) is 10.1 Å². The van der Waals surface area contributed by atoms with E-state index in [0.29, 0.717) is 0 Å². The van der Waals surface area contributed by atoms with Gasteiger partial charge in [-0.2, -0.15) is 21.6 Å². The molecule has 2 atom stereocenters. The maximum absolute atomic E-state index is 13.2. The first-order chi connectivity index (χ1) is 9.07. The molecule has 1 aromatic rings. The van der Waals surface area contributed by atoms with Crippen LogP contribution in [0.4, 0.5) is 13.2 Å². The van der Waals surface area contributed by atoms with Crippen molar-refractivity contribution < 1.29 is 26.1 Å². The molecule has 3 nitrogen and oxygen atoms in total. The van der Waals surface area contributed by atoms with Crippen LogP contribution in [0.25, 0.3) is 0 Å². The molecular weight excluding hydrogens is 408 g/mol. The van der Waals surface area contributed by atoms with Gasteiger partial charge in [-0.25, -0.2) is 0 Å². The lowest BCUT2D eigenvalue weighted by molar-refractivity contribution is -0.151. The molecule has 20 heavy (non-hydrogen) atoms. The summed E-state index contributed by atoms with van der Waals surface area (Å²) < 4.78 is 71.6. The fourth-order valence-electron chi connectivity index (χ4n) is 1.98. The molecule has 1 aromatic carbocycles. The van der Waals surface area contributed by atoms with Crippen molar-refractivity contribution >= 4 is 32.7 Å². The highest BCUT2D eigenvalue weighted by molar-refractivity contribution is 14.1. The van der Waals surface area contributed by atoms with E-state index in [9.17, 15) is 21.6 Å². The Morgan fingerprint density at radius 3 is 2.10 bits per heavy atom. The number of hydrogen-bond acceptors (Lipinski definition) is 2. The van der Waals surface area contributed by atoms with E-state index in [2.05, 4.69) is 0 Å². The second-order valence-corrected chi connectivity index (χ2v) is 7.18. The van der Waals surface area contributed by atoms with Gasteiger partial charge in [0.05, 0.1) is 5.92 Å². The zero-order chi connectivity index (χ0) is 15.6. The van der Waals surface area contributed by atoms with Crippen molar-refractivity contribution in [1.29, 1.82) is 0 Å². The van der Waals surface area contributed by atoms with Crippen LogP contribution < -0.4 is 0 Å². The normalized spacial score (nSPS) is 15.9. The average molecular weight is 422 g/mol. The van der Waals surface area contributed by atoms with E-state index in [4.69, 9.17) is 4.55 Å². The lowest BCUT2D eigenvalue weighted by Crippen LogP contribution is -2.37. The molecule has 2 unspecified atom stereocenters. The number of rotatable bonds is 5. The van der Waals surface area contributed by atoms with Gasteiger partial charge in [0, 0.05) is 4.43 Å². The van der Waals surface area contributed by atoms with Crippen LogP contribution >= 0.6 is 22.6 Å².